The predicted molar refractivity (Wildman–Crippen MR) is 65.8 cm³/mol. The number of alkyl halides is 3. The van der Waals surface area contributed by atoms with Crippen LogP contribution < -0.4 is 5.32 Å². The van der Waals surface area contributed by atoms with Crippen LogP contribution in [0.25, 0.3) is 0 Å². The Labute approximate surface area is 106 Å². The van der Waals surface area contributed by atoms with Crippen molar-refractivity contribution in [3.8, 4) is 0 Å². The third kappa shape index (κ3) is 4.69. The lowest BCUT2D eigenvalue weighted by Gasteiger charge is -2.35. The first-order valence-corrected chi connectivity index (χ1v) is 6.31. The molecule has 0 amide bonds. The Balaban J connectivity index is 2.46. The highest BCUT2D eigenvalue weighted by Crippen LogP contribution is 2.33. The van der Waals surface area contributed by atoms with Gasteiger partial charge in [0.05, 0.1) is 5.92 Å². The Morgan fingerprint density at radius 1 is 1.47 bits per heavy atom. The van der Waals surface area contributed by atoms with Crippen LogP contribution in [0, 0.1) is 11.8 Å². The molecule has 1 aliphatic rings. The first-order valence-electron chi connectivity index (χ1n) is 5.90. The van der Waals surface area contributed by atoms with Crippen molar-refractivity contribution in [1.29, 1.82) is 0 Å². The largest absolute Gasteiger partial charge is 0.393 e. The Morgan fingerprint density at radius 2 is 2.12 bits per heavy atom. The van der Waals surface area contributed by atoms with Crippen LogP contribution in [-0.2, 0) is 0 Å². The fourth-order valence-electron chi connectivity index (χ4n) is 1.83. The third-order valence-electron chi connectivity index (χ3n) is 2.83. The summed E-state index contributed by atoms with van der Waals surface area (Å²) in [5, 5.41) is 3.47. The van der Waals surface area contributed by atoms with Gasteiger partial charge in [-0.15, -0.1) is 0 Å². The molecule has 0 bridgehead atoms. The summed E-state index contributed by atoms with van der Waals surface area (Å²) in [6.07, 6.45) is -3.34. The number of halogens is 3. The van der Waals surface area contributed by atoms with Crippen LogP contribution in [-0.4, -0.2) is 35.8 Å². The summed E-state index contributed by atoms with van der Waals surface area (Å²) < 4.78 is 37.8. The monoisotopic (exact) mass is 268 g/mol. The van der Waals surface area contributed by atoms with E-state index in [2.05, 4.69) is 5.32 Å². The van der Waals surface area contributed by atoms with Gasteiger partial charge in [0.2, 0.25) is 0 Å². The zero-order chi connectivity index (χ0) is 13.1. The van der Waals surface area contributed by atoms with Crippen LogP contribution in [0.4, 0.5) is 13.2 Å². The van der Waals surface area contributed by atoms with Crippen molar-refractivity contribution in [2.75, 3.05) is 19.6 Å². The fourth-order valence-corrected chi connectivity index (χ4v) is 2.08. The number of thiocarbonyl (C=S) groups is 1. The van der Waals surface area contributed by atoms with Crippen LogP contribution >= 0.6 is 12.2 Å². The molecule has 0 spiro atoms. The molecule has 1 fully saturated rings. The molecule has 1 atom stereocenters. The average molecular weight is 268 g/mol. The molecule has 0 aromatic heterocycles. The lowest BCUT2D eigenvalue weighted by atomic mass is 9.98. The lowest BCUT2D eigenvalue weighted by Crippen LogP contribution is -2.48. The van der Waals surface area contributed by atoms with Crippen molar-refractivity contribution >= 4 is 17.3 Å². The summed E-state index contributed by atoms with van der Waals surface area (Å²) in [7, 11) is 0. The van der Waals surface area contributed by atoms with Crippen LogP contribution in [0.1, 0.15) is 26.7 Å². The number of likely N-dealkylation sites (tertiary alicyclic amines) is 1. The molecule has 1 heterocycles. The molecule has 0 radical (unpaired) electrons. The van der Waals surface area contributed by atoms with Crippen LogP contribution in [0.3, 0.4) is 0 Å². The predicted octanol–water partition coefficient (Wildman–Crippen LogP) is 2.79. The van der Waals surface area contributed by atoms with Crippen LogP contribution in [0.5, 0.6) is 0 Å². The molecule has 0 saturated carbocycles. The van der Waals surface area contributed by atoms with Gasteiger partial charge in [0.15, 0.2) is 5.11 Å². The quantitative estimate of drug-likeness (QED) is 0.775. The molecule has 100 valence electrons. The zero-order valence-corrected chi connectivity index (χ0v) is 11.0. The Morgan fingerprint density at radius 3 is 2.65 bits per heavy atom. The van der Waals surface area contributed by atoms with Crippen molar-refractivity contribution in [3.63, 3.8) is 0 Å². The number of rotatable bonds is 2. The van der Waals surface area contributed by atoms with Gasteiger partial charge < -0.3 is 10.2 Å². The Bertz CT molecular complexity index is 266. The van der Waals surface area contributed by atoms with Gasteiger partial charge in [-0.05, 0) is 31.0 Å². The Kier molecular flexibility index (Phi) is 5.04. The molecular weight excluding hydrogens is 249 g/mol. The highest BCUT2D eigenvalue weighted by molar-refractivity contribution is 7.80. The van der Waals surface area contributed by atoms with Crippen molar-refractivity contribution in [2.24, 2.45) is 11.8 Å². The Hall–Kier alpha value is -0.520. The second-order valence-corrected chi connectivity index (χ2v) is 5.29. The smallest absolute Gasteiger partial charge is 0.362 e. The molecule has 1 N–H and O–H groups in total. The van der Waals surface area contributed by atoms with E-state index in [0.29, 0.717) is 30.5 Å². The van der Waals surface area contributed by atoms with Crippen molar-refractivity contribution in [1.82, 2.24) is 10.2 Å². The van der Waals surface area contributed by atoms with Crippen LogP contribution in [0.2, 0.25) is 0 Å². The van der Waals surface area contributed by atoms with E-state index in [1.807, 2.05) is 13.8 Å². The highest BCUT2D eigenvalue weighted by Gasteiger charge is 2.42. The van der Waals surface area contributed by atoms with E-state index in [-0.39, 0.29) is 13.0 Å². The second-order valence-electron chi connectivity index (χ2n) is 4.91. The summed E-state index contributed by atoms with van der Waals surface area (Å²) in [4.78, 5) is 1.64. The normalized spacial score (nSPS) is 21.8. The van der Waals surface area contributed by atoms with Crippen LogP contribution in [0.15, 0.2) is 0 Å². The van der Waals surface area contributed by atoms with E-state index in [4.69, 9.17) is 12.2 Å². The molecule has 6 heteroatoms. The zero-order valence-electron chi connectivity index (χ0n) is 10.2. The molecule has 0 aliphatic carbocycles. The first kappa shape index (κ1) is 14.5. The maximum atomic E-state index is 12.6. The number of nitrogens with zero attached hydrogens (tertiary/aromatic N) is 1. The number of nitrogens with one attached hydrogen (secondary N) is 1. The summed E-state index contributed by atoms with van der Waals surface area (Å²) in [6, 6.07) is 0. The van der Waals surface area contributed by atoms with Gasteiger partial charge in [-0.1, -0.05) is 13.8 Å². The van der Waals surface area contributed by atoms with E-state index in [9.17, 15) is 13.2 Å². The molecular formula is C11H19F3N2S. The molecule has 1 unspecified atom stereocenters. The minimum absolute atomic E-state index is 0.00652. The SMILES string of the molecule is CC(C)CNC(=S)N1CCCC(C(F)(F)F)C1. The van der Waals surface area contributed by atoms with E-state index in [1.54, 1.807) is 4.90 Å². The summed E-state index contributed by atoms with van der Waals surface area (Å²) in [5.41, 5.74) is 0. The molecule has 1 saturated heterocycles. The number of hydrogen-bond donors (Lipinski definition) is 1. The lowest BCUT2D eigenvalue weighted by molar-refractivity contribution is -0.183. The standard InChI is InChI=1S/C11H19F3N2S/c1-8(2)6-15-10(17)16-5-3-4-9(7-16)11(12,13)14/h8-9H,3-7H2,1-2H3,(H,15,17). The summed E-state index contributed by atoms with van der Waals surface area (Å²) >= 11 is 5.12. The van der Waals surface area contributed by atoms with Crippen molar-refractivity contribution in [3.05, 3.63) is 0 Å². The summed E-state index contributed by atoms with van der Waals surface area (Å²) in [5.74, 6) is -0.814. The first-order chi connectivity index (χ1) is 7.80. The minimum atomic E-state index is -4.10. The van der Waals surface area contributed by atoms with Crippen molar-refractivity contribution in [2.45, 2.75) is 32.9 Å². The van der Waals surface area contributed by atoms with E-state index >= 15 is 0 Å². The van der Waals surface area contributed by atoms with Gasteiger partial charge in [-0.2, -0.15) is 13.2 Å². The molecule has 17 heavy (non-hydrogen) atoms. The van der Waals surface area contributed by atoms with E-state index < -0.39 is 12.1 Å². The fraction of sp³-hybridized carbons (Fsp3) is 0.909. The van der Waals surface area contributed by atoms with Gasteiger partial charge in [0, 0.05) is 19.6 Å². The molecule has 2 nitrogen and oxygen atoms in total. The molecule has 1 aliphatic heterocycles. The molecule has 1 rings (SSSR count). The second kappa shape index (κ2) is 5.89. The molecule has 0 aromatic carbocycles. The maximum Gasteiger partial charge on any atom is 0.393 e. The van der Waals surface area contributed by atoms with Gasteiger partial charge in [0.25, 0.3) is 0 Å². The van der Waals surface area contributed by atoms with E-state index in [1.165, 1.54) is 0 Å². The van der Waals surface area contributed by atoms with Gasteiger partial charge in [0.1, 0.15) is 0 Å². The number of piperidine rings is 1. The number of hydrogen-bond acceptors (Lipinski definition) is 1. The minimum Gasteiger partial charge on any atom is -0.362 e. The third-order valence-corrected chi connectivity index (χ3v) is 3.24. The molecule has 0 aromatic rings. The highest BCUT2D eigenvalue weighted by atomic mass is 32.1. The average Bonchev–Trinajstić information content (AvgIpc) is 2.25. The topological polar surface area (TPSA) is 15.3 Å². The van der Waals surface area contributed by atoms with Gasteiger partial charge in [-0.3, -0.25) is 0 Å². The summed E-state index contributed by atoms with van der Waals surface area (Å²) in [6.45, 7) is 5.38. The van der Waals surface area contributed by atoms with Gasteiger partial charge in [-0.25, -0.2) is 0 Å². The van der Waals surface area contributed by atoms with Gasteiger partial charge >= 0.3 is 6.18 Å². The van der Waals surface area contributed by atoms with E-state index in [0.717, 1.165) is 0 Å². The maximum absolute atomic E-state index is 12.6. The van der Waals surface area contributed by atoms with Crippen molar-refractivity contribution < 1.29 is 13.2 Å².